The predicted molar refractivity (Wildman–Crippen MR) is 138 cm³/mol. The highest BCUT2D eigenvalue weighted by molar-refractivity contribution is 6.05. The third-order valence-electron chi connectivity index (χ3n) is 7.94. The fourth-order valence-corrected chi connectivity index (χ4v) is 5.90. The molecule has 5 rings (SSSR count). The Balaban J connectivity index is 1.36. The van der Waals surface area contributed by atoms with Gasteiger partial charge in [-0.3, -0.25) is 4.79 Å². The molecule has 0 spiro atoms. The number of carbonyl (C=O) groups is 2. The van der Waals surface area contributed by atoms with Crippen molar-refractivity contribution < 1.29 is 45.8 Å². The lowest BCUT2D eigenvalue weighted by atomic mass is 9.95. The molecule has 3 aliphatic rings. The van der Waals surface area contributed by atoms with E-state index in [1.165, 1.54) is 18.2 Å². The van der Waals surface area contributed by atoms with Crippen LogP contribution in [0.5, 0.6) is 5.75 Å². The maximum Gasteiger partial charge on any atom is 0.573 e. The van der Waals surface area contributed by atoms with E-state index < -0.39 is 35.4 Å². The number of piperidine rings is 1. The molecule has 2 aliphatic heterocycles. The zero-order valence-electron chi connectivity index (χ0n) is 22.1. The Hall–Kier alpha value is -3.81. The maximum atomic E-state index is 13.9. The Morgan fingerprint density at radius 2 is 1.69 bits per heavy atom. The number of aromatic nitrogens is 1. The van der Waals surface area contributed by atoms with E-state index in [1.807, 2.05) is 0 Å². The van der Waals surface area contributed by atoms with Crippen LogP contribution in [0.15, 0.2) is 42.1 Å². The van der Waals surface area contributed by atoms with Gasteiger partial charge in [-0.1, -0.05) is 12.1 Å². The molecule has 0 radical (unpaired) electrons. The van der Waals surface area contributed by atoms with Crippen LogP contribution in [0.1, 0.15) is 60.0 Å². The van der Waals surface area contributed by atoms with Crippen molar-refractivity contribution in [2.45, 2.75) is 69.2 Å². The number of hydrogen-bond donors (Lipinski definition) is 3. The molecule has 1 aliphatic carbocycles. The first-order chi connectivity index (χ1) is 19.7. The Morgan fingerprint density at radius 1 is 1.05 bits per heavy atom. The van der Waals surface area contributed by atoms with Crippen molar-refractivity contribution in [3.8, 4) is 5.75 Å². The maximum absolute atomic E-state index is 13.9. The van der Waals surface area contributed by atoms with Crippen LogP contribution < -0.4 is 20.7 Å². The summed E-state index contributed by atoms with van der Waals surface area (Å²) in [6.07, 6.45) is -5.55. The van der Waals surface area contributed by atoms with Gasteiger partial charge in [0.05, 0.1) is 16.8 Å². The van der Waals surface area contributed by atoms with Crippen molar-refractivity contribution in [3.63, 3.8) is 0 Å². The van der Waals surface area contributed by atoms with Crippen LogP contribution in [0, 0.1) is 5.92 Å². The summed E-state index contributed by atoms with van der Waals surface area (Å²) < 4.78 is 84.8. The van der Waals surface area contributed by atoms with E-state index in [1.54, 1.807) is 4.90 Å². The van der Waals surface area contributed by atoms with Gasteiger partial charge in [-0.2, -0.15) is 13.2 Å². The van der Waals surface area contributed by atoms with Gasteiger partial charge >= 0.3 is 18.5 Å². The third-order valence-corrected chi connectivity index (χ3v) is 7.94. The van der Waals surface area contributed by atoms with E-state index in [0.29, 0.717) is 44.6 Å². The molecule has 0 amide bonds. The molecular formula is C28H28F6N4O4. The van der Waals surface area contributed by atoms with Crippen LogP contribution in [0.2, 0.25) is 0 Å². The van der Waals surface area contributed by atoms with Crippen LogP contribution in [-0.4, -0.2) is 52.9 Å². The van der Waals surface area contributed by atoms with Gasteiger partial charge in [0.1, 0.15) is 11.6 Å². The normalized spacial score (nSPS) is 23.0. The Labute approximate surface area is 236 Å². The zero-order chi connectivity index (χ0) is 30.4. The first-order valence-corrected chi connectivity index (χ1v) is 13.4. The molecule has 1 aromatic carbocycles. The predicted octanol–water partition coefficient (Wildman–Crippen LogP) is 5.14. The average molecular weight is 599 g/mol. The first kappa shape index (κ1) is 29.7. The number of pyridine rings is 1. The van der Waals surface area contributed by atoms with Gasteiger partial charge < -0.3 is 25.8 Å². The van der Waals surface area contributed by atoms with Crippen LogP contribution >= 0.6 is 0 Å². The van der Waals surface area contributed by atoms with E-state index in [9.17, 15) is 35.9 Å². The van der Waals surface area contributed by atoms with Crippen LogP contribution in [0.4, 0.5) is 32.2 Å². The monoisotopic (exact) mass is 598 g/mol. The molecule has 2 unspecified atom stereocenters. The summed E-state index contributed by atoms with van der Waals surface area (Å²) in [6.45, 7) is -0.0367. The Bertz CT molecular complexity index is 1390. The van der Waals surface area contributed by atoms with Crippen molar-refractivity contribution in [2.75, 3.05) is 11.4 Å². The van der Waals surface area contributed by atoms with Crippen molar-refractivity contribution in [3.05, 3.63) is 58.8 Å². The zero-order valence-corrected chi connectivity index (χ0v) is 22.1. The summed E-state index contributed by atoms with van der Waals surface area (Å²) in [5, 5.41) is 12.4. The molecule has 14 heteroatoms. The summed E-state index contributed by atoms with van der Waals surface area (Å²) in [6, 6.07) is 5.03. The van der Waals surface area contributed by atoms with Crippen molar-refractivity contribution in [1.82, 2.24) is 10.3 Å². The second kappa shape index (κ2) is 11.1. The number of ketones is 1. The molecule has 2 aromatic rings. The van der Waals surface area contributed by atoms with Crippen LogP contribution in [0.25, 0.3) is 5.70 Å². The van der Waals surface area contributed by atoms with Crippen molar-refractivity contribution >= 4 is 23.3 Å². The van der Waals surface area contributed by atoms with Gasteiger partial charge in [-0.05, 0) is 56.7 Å². The van der Waals surface area contributed by atoms with Gasteiger partial charge in [0.15, 0.2) is 5.78 Å². The Kier molecular flexibility index (Phi) is 7.86. The lowest BCUT2D eigenvalue weighted by Gasteiger charge is -2.41. The number of ether oxygens (including phenoxy) is 1. The number of hydrogen-bond acceptors (Lipinski definition) is 7. The molecule has 2 saturated heterocycles. The number of nitrogens with zero attached hydrogens (tertiary/aromatic N) is 2. The molecule has 3 fully saturated rings. The number of anilines is 1. The summed E-state index contributed by atoms with van der Waals surface area (Å²) in [4.78, 5) is 30.0. The number of carboxylic acid groups (broad SMARTS) is 1. The first-order valence-electron chi connectivity index (χ1n) is 13.4. The van der Waals surface area contributed by atoms with Gasteiger partial charge in [0.2, 0.25) is 0 Å². The second-order valence-electron chi connectivity index (χ2n) is 10.8. The van der Waals surface area contributed by atoms with E-state index in [2.05, 4.69) is 15.0 Å². The number of halogens is 6. The Morgan fingerprint density at radius 3 is 2.26 bits per heavy atom. The molecule has 1 saturated carbocycles. The van der Waals surface area contributed by atoms with E-state index >= 15 is 0 Å². The molecule has 2 atom stereocenters. The number of fused-ring (bicyclic) bond motifs is 2. The number of carboxylic acids is 1. The minimum absolute atomic E-state index is 0.0367. The summed E-state index contributed by atoms with van der Waals surface area (Å²) >= 11 is 0. The largest absolute Gasteiger partial charge is 0.573 e. The molecule has 3 heterocycles. The lowest BCUT2D eigenvalue weighted by Crippen LogP contribution is -2.50. The minimum Gasteiger partial charge on any atom is -0.478 e. The SMILES string of the molecule is NC(=C(CNC1CC2CCC(C1)N2c1ncc(C(=O)O)cc1C(F)(F)F)C(=O)C1CC1)c1ccccc1OC(F)(F)F. The van der Waals surface area contributed by atoms with Crippen molar-refractivity contribution in [2.24, 2.45) is 11.7 Å². The van der Waals surface area contributed by atoms with E-state index in [4.69, 9.17) is 10.8 Å². The van der Waals surface area contributed by atoms with Gasteiger partial charge in [0, 0.05) is 47.9 Å². The van der Waals surface area contributed by atoms with E-state index in [-0.39, 0.29) is 59.0 Å². The fourth-order valence-electron chi connectivity index (χ4n) is 5.90. The number of alkyl halides is 6. The molecule has 226 valence electrons. The van der Waals surface area contributed by atoms with Crippen LogP contribution in [0.3, 0.4) is 0 Å². The highest BCUT2D eigenvalue weighted by Crippen LogP contribution is 2.44. The third kappa shape index (κ3) is 6.32. The van der Waals surface area contributed by atoms with Gasteiger partial charge in [-0.25, -0.2) is 9.78 Å². The molecule has 2 bridgehead atoms. The molecule has 42 heavy (non-hydrogen) atoms. The molecule has 4 N–H and O–H groups in total. The highest BCUT2D eigenvalue weighted by atomic mass is 19.4. The number of rotatable bonds is 9. The number of Topliss-reactive ketones (excluding diaryl/α,β-unsaturated/α-hetero) is 1. The summed E-state index contributed by atoms with van der Waals surface area (Å²) in [5.74, 6) is -2.89. The number of nitrogens with two attached hydrogens (primary N) is 1. The van der Waals surface area contributed by atoms with E-state index in [0.717, 1.165) is 12.3 Å². The topological polar surface area (TPSA) is 118 Å². The number of aromatic carboxylic acids is 1. The summed E-state index contributed by atoms with van der Waals surface area (Å²) in [5.41, 5.74) is 4.57. The van der Waals surface area contributed by atoms with Crippen LogP contribution in [-0.2, 0) is 11.0 Å². The number of nitrogens with one attached hydrogen (secondary N) is 1. The van der Waals surface area contributed by atoms with Gasteiger partial charge in [-0.15, -0.1) is 13.2 Å². The standard InChI is InChI=1S/C28H28F6N4O4/c29-27(30,31)21-9-15(26(40)41)12-37-25(21)38-17-7-8-18(38)11-16(10-17)36-13-20(24(39)14-5-6-14)23(35)19-3-1-2-4-22(19)42-28(32,33)34/h1-4,9,12,14,16-18,36H,5-8,10-11,13,35H2,(H,40,41). The second-order valence-corrected chi connectivity index (χ2v) is 10.8. The minimum atomic E-state index is -4.96. The smallest absolute Gasteiger partial charge is 0.478 e. The quantitative estimate of drug-likeness (QED) is 0.269. The average Bonchev–Trinajstić information content (AvgIpc) is 3.72. The number of para-hydroxylation sites is 1. The lowest BCUT2D eigenvalue weighted by molar-refractivity contribution is -0.274. The highest BCUT2D eigenvalue weighted by Gasteiger charge is 2.46. The fraction of sp³-hybridized carbons (Fsp3) is 0.464. The number of carbonyl (C=O) groups excluding carboxylic acids is 1. The summed E-state index contributed by atoms with van der Waals surface area (Å²) in [7, 11) is 0. The molecular weight excluding hydrogens is 570 g/mol. The molecule has 1 aromatic heterocycles. The van der Waals surface area contributed by atoms with Crippen molar-refractivity contribution in [1.29, 1.82) is 0 Å². The number of benzene rings is 1. The van der Waals surface area contributed by atoms with Gasteiger partial charge in [0.25, 0.3) is 0 Å². The molecule has 8 nitrogen and oxygen atoms in total.